The maximum Gasteiger partial charge on any atom is 0.0541 e. The van der Waals surface area contributed by atoms with Crippen LogP contribution in [-0.4, -0.2) is 18.7 Å². The minimum atomic E-state index is -0.0575. The van der Waals surface area contributed by atoms with Crippen LogP contribution in [0.3, 0.4) is 0 Å². The number of para-hydroxylation sites is 4. The molecular formula is C102H73BrN4. The summed E-state index contributed by atoms with van der Waals surface area (Å²) < 4.78 is 8.39. The molecule has 0 aliphatic heterocycles. The first-order chi connectivity index (χ1) is 52.5. The van der Waals surface area contributed by atoms with Gasteiger partial charge in [-0.25, -0.2) is 0 Å². The molecule has 1 N–H and O–H groups in total. The normalized spacial score (nSPS) is 13.1. The summed E-state index contributed by atoms with van der Waals surface area (Å²) in [6, 6.07) is 133. The Balaban J connectivity index is 0.000000121. The summed E-state index contributed by atoms with van der Waals surface area (Å²) in [4.78, 5) is 3.55. The summed E-state index contributed by atoms with van der Waals surface area (Å²) in [5.41, 5.74) is 34.1. The van der Waals surface area contributed by atoms with Gasteiger partial charge in [-0.15, -0.1) is 0 Å². The van der Waals surface area contributed by atoms with Gasteiger partial charge in [-0.1, -0.05) is 274 Å². The van der Waals surface area contributed by atoms with E-state index in [0.717, 1.165) is 4.47 Å². The predicted octanol–water partition coefficient (Wildman–Crippen LogP) is 28.0. The topological polar surface area (TPSA) is 30.6 Å². The van der Waals surface area contributed by atoms with Gasteiger partial charge < -0.3 is 18.7 Å². The van der Waals surface area contributed by atoms with E-state index in [1.807, 2.05) is 0 Å². The van der Waals surface area contributed by atoms with E-state index in [1.165, 1.54) is 193 Å². The molecule has 2 aliphatic carbocycles. The Morgan fingerprint density at radius 3 is 1.03 bits per heavy atom. The van der Waals surface area contributed by atoms with Crippen LogP contribution in [0, 0.1) is 0 Å². The summed E-state index contributed by atoms with van der Waals surface area (Å²) in [6.45, 7) is 9.31. The first-order valence-electron chi connectivity index (χ1n) is 37.1. The van der Waals surface area contributed by atoms with Crippen LogP contribution in [0.1, 0.15) is 49.9 Å². The molecule has 20 aromatic rings. The van der Waals surface area contributed by atoms with Crippen molar-refractivity contribution in [2.45, 2.75) is 38.5 Å². The van der Waals surface area contributed by atoms with Gasteiger partial charge in [-0.2, -0.15) is 0 Å². The number of rotatable bonds is 7. The number of nitrogens with zero attached hydrogens (tertiary/aromatic N) is 3. The molecule has 0 saturated heterocycles. The van der Waals surface area contributed by atoms with E-state index in [0.29, 0.717) is 0 Å². The lowest BCUT2D eigenvalue weighted by molar-refractivity contribution is 0.660. The summed E-state index contributed by atoms with van der Waals surface area (Å²) in [5.74, 6) is 0. The average Bonchev–Trinajstić information content (AvgIpc) is 1.55. The lowest BCUT2D eigenvalue weighted by Gasteiger charge is -2.22. The van der Waals surface area contributed by atoms with Crippen LogP contribution in [0.25, 0.3) is 171 Å². The Bertz CT molecular complexity index is 6930. The number of H-pyrrole nitrogens is 1. The van der Waals surface area contributed by atoms with Gasteiger partial charge in [-0.3, -0.25) is 0 Å². The van der Waals surface area contributed by atoms with Gasteiger partial charge in [0.1, 0.15) is 0 Å². The second-order valence-corrected chi connectivity index (χ2v) is 30.7. The second-order valence-electron chi connectivity index (χ2n) is 29.8. The first-order valence-corrected chi connectivity index (χ1v) is 37.9. The Kier molecular flexibility index (Phi) is 15.1. The van der Waals surface area contributed by atoms with Crippen LogP contribution in [-0.2, 0) is 10.8 Å². The predicted molar refractivity (Wildman–Crippen MR) is 456 cm³/mol. The van der Waals surface area contributed by atoms with Crippen molar-refractivity contribution in [2.75, 3.05) is 0 Å². The Hall–Kier alpha value is -12.8. The number of benzene rings is 16. The summed E-state index contributed by atoms with van der Waals surface area (Å²) in [6.07, 6.45) is 0. The SMILES string of the molecule is CC1(C)c2ccccc2-c2ccc(-n3c4ccccc4c4cc(-c5ccc6c(c5)c5cc(-c7ccccc7)ccc5n6-c5ccccc5)ccc43)cc21.CC1(C)c2ccccc2-c2ccc(Br)cc21.c1ccc(-c2ccc3c(c2)c2cc(-c4ccc5[nH]c6ccccc6c5c4)ccc2n3-c2ccccc2)cc1. The molecule has 0 fully saturated rings. The minimum Gasteiger partial charge on any atom is -0.355 e. The highest BCUT2D eigenvalue weighted by Gasteiger charge is 2.37. The van der Waals surface area contributed by atoms with Crippen molar-refractivity contribution in [1.82, 2.24) is 18.7 Å². The lowest BCUT2D eigenvalue weighted by atomic mass is 9.82. The van der Waals surface area contributed by atoms with E-state index < -0.39 is 0 Å². The number of halogens is 1. The smallest absolute Gasteiger partial charge is 0.0541 e. The number of hydrogen-bond acceptors (Lipinski definition) is 0. The van der Waals surface area contributed by atoms with Gasteiger partial charge in [0, 0.05) is 86.5 Å². The van der Waals surface area contributed by atoms with Crippen LogP contribution >= 0.6 is 15.9 Å². The molecular weight excluding hydrogens is 1360 g/mol. The third kappa shape index (κ3) is 10.5. The molecule has 0 atom stereocenters. The second kappa shape index (κ2) is 25.2. The maximum absolute atomic E-state index is 3.56. The molecule has 4 heterocycles. The highest BCUT2D eigenvalue weighted by Crippen LogP contribution is 2.52. The lowest BCUT2D eigenvalue weighted by Crippen LogP contribution is -2.15. The molecule has 0 unspecified atom stereocenters. The Morgan fingerprint density at radius 1 is 0.215 bits per heavy atom. The van der Waals surface area contributed by atoms with Crippen LogP contribution < -0.4 is 0 Å². The molecule has 0 amide bonds. The molecule has 5 heteroatoms. The molecule has 0 bridgehead atoms. The number of fused-ring (bicyclic) bond motifs is 18. The summed E-state index contributed by atoms with van der Waals surface area (Å²) >= 11 is 3.56. The fraction of sp³-hybridized carbons (Fsp3) is 0.0588. The minimum absolute atomic E-state index is 0.0575. The molecule has 107 heavy (non-hydrogen) atoms. The van der Waals surface area contributed by atoms with Crippen LogP contribution in [0.2, 0.25) is 0 Å². The summed E-state index contributed by atoms with van der Waals surface area (Å²) in [5, 5.41) is 10.1. The van der Waals surface area contributed by atoms with Gasteiger partial charge in [0.25, 0.3) is 0 Å². The maximum atomic E-state index is 3.56. The molecule has 2 aliphatic rings. The van der Waals surface area contributed by atoms with E-state index in [9.17, 15) is 0 Å². The van der Waals surface area contributed by atoms with Crippen LogP contribution in [0.15, 0.2) is 368 Å². The van der Waals surface area contributed by atoms with Crippen LogP contribution in [0.5, 0.6) is 0 Å². The quantitative estimate of drug-likeness (QED) is 0.165. The third-order valence-electron chi connectivity index (χ3n) is 23.0. The van der Waals surface area contributed by atoms with Gasteiger partial charge in [0.2, 0.25) is 0 Å². The third-order valence-corrected chi connectivity index (χ3v) is 23.5. The van der Waals surface area contributed by atoms with Gasteiger partial charge in [0.15, 0.2) is 0 Å². The molecule has 0 spiro atoms. The van der Waals surface area contributed by atoms with Crippen molar-refractivity contribution in [3.05, 3.63) is 391 Å². The number of hydrogen-bond donors (Lipinski definition) is 1. The molecule has 4 nitrogen and oxygen atoms in total. The van der Waals surface area contributed by atoms with Crippen molar-refractivity contribution in [2.24, 2.45) is 0 Å². The molecule has 4 aromatic heterocycles. The van der Waals surface area contributed by atoms with E-state index >= 15 is 0 Å². The van der Waals surface area contributed by atoms with E-state index in [-0.39, 0.29) is 10.8 Å². The van der Waals surface area contributed by atoms with Crippen molar-refractivity contribution < 1.29 is 0 Å². The van der Waals surface area contributed by atoms with E-state index in [1.54, 1.807) is 0 Å². The standard InChI is InChI=1S/C51H36N2.C36H24N2.C15H13Br/c1-51(2)45-19-11-9-17-39(45)40-25-24-38(32-46(40)51)53-47-20-12-10-18-41(47)42-30-35(22-27-48(42)53)36-23-28-50-44(31-36)43-29-34(33-13-5-3-6-14-33)21-26-49(43)52(50)37-15-7-4-8-16-37;1-3-9-24(10-4-1)25-16-19-35-31(22-25)32-23-27(17-20-36(32)38(35)28-11-5-2-6-12-28)26-15-18-34-30(21-26)29-13-7-8-14-33(29)37-34;1-15(2)13-6-4-3-5-11(13)12-8-7-10(16)9-14(12)15/h3-32H,1-2H3;1-23,37H;3-9H,1-2H3. The number of nitrogens with one attached hydrogen (secondary N) is 1. The van der Waals surface area contributed by atoms with Crippen molar-refractivity contribution >= 4 is 103 Å². The largest absolute Gasteiger partial charge is 0.355 e. The van der Waals surface area contributed by atoms with E-state index in [2.05, 4.69) is 426 Å². The highest BCUT2D eigenvalue weighted by atomic mass is 79.9. The molecule has 508 valence electrons. The van der Waals surface area contributed by atoms with E-state index in [4.69, 9.17) is 0 Å². The zero-order chi connectivity index (χ0) is 71.7. The monoisotopic (exact) mass is 1430 g/mol. The molecule has 16 aromatic carbocycles. The summed E-state index contributed by atoms with van der Waals surface area (Å²) in [7, 11) is 0. The van der Waals surface area contributed by atoms with Crippen molar-refractivity contribution in [1.29, 1.82) is 0 Å². The Labute approximate surface area is 630 Å². The first kappa shape index (κ1) is 63.9. The fourth-order valence-corrected chi connectivity index (χ4v) is 18.1. The molecule has 0 radical (unpaired) electrons. The van der Waals surface area contributed by atoms with Gasteiger partial charge >= 0.3 is 0 Å². The number of aromatic nitrogens is 4. The zero-order valence-electron chi connectivity index (χ0n) is 59.9. The van der Waals surface area contributed by atoms with Gasteiger partial charge in [-0.05, 0) is 222 Å². The van der Waals surface area contributed by atoms with Crippen molar-refractivity contribution in [3.63, 3.8) is 0 Å². The molecule has 22 rings (SSSR count). The molecule has 0 saturated carbocycles. The van der Waals surface area contributed by atoms with Crippen LogP contribution in [0.4, 0.5) is 0 Å². The van der Waals surface area contributed by atoms with Gasteiger partial charge in [0.05, 0.1) is 33.1 Å². The van der Waals surface area contributed by atoms with Crippen molar-refractivity contribution in [3.8, 4) is 83.8 Å². The highest BCUT2D eigenvalue weighted by molar-refractivity contribution is 9.10. The number of aromatic amines is 1. The fourth-order valence-electron chi connectivity index (χ4n) is 17.7. The Morgan fingerprint density at radius 2 is 0.542 bits per heavy atom. The average molecular weight is 1430 g/mol. The zero-order valence-corrected chi connectivity index (χ0v) is 61.4.